The van der Waals surface area contributed by atoms with Gasteiger partial charge in [0.1, 0.15) is 0 Å². The van der Waals surface area contributed by atoms with Crippen LogP contribution < -0.4 is 0 Å². The summed E-state index contributed by atoms with van der Waals surface area (Å²) in [6.45, 7) is 11.7. The molecule has 1 heterocycles. The molecule has 4 heteroatoms. The second kappa shape index (κ2) is 8.50. The highest BCUT2D eigenvalue weighted by Crippen LogP contribution is 2.29. The number of amides is 2. The van der Waals surface area contributed by atoms with Crippen LogP contribution in [0.1, 0.15) is 58.2 Å². The first-order chi connectivity index (χ1) is 11.8. The van der Waals surface area contributed by atoms with E-state index in [1.807, 2.05) is 24.8 Å². The van der Waals surface area contributed by atoms with Gasteiger partial charge in [-0.1, -0.05) is 52.0 Å². The molecular weight excluding hydrogens is 312 g/mol. The van der Waals surface area contributed by atoms with Crippen LogP contribution in [0.4, 0.5) is 0 Å². The molecule has 0 aliphatic carbocycles. The molecule has 4 nitrogen and oxygen atoms in total. The Balaban J connectivity index is 2.08. The fourth-order valence-corrected chi connectivity index (χ4v) is 3.41. The van der Waals surface area contributed by atoms with Crippen molar-refractivity contribution in [2.75, 3.05) is 19.6 Å². The molecule has 0 aromatic heterocycles. The van der Waals surface area contributed by atoms with Crippen LogP contribution in [0.25, 0.3) is 0 Å². The van der Waals surface area contributed by atoms with Crippen molar-refractivity contribution in [1.82, 2.24) is 9.80 Å². The van der Waals surface area contributed by atoms with Gasteiger partial charge in [-0.3, -0.25) is 9.59 Å². The van der Waals surface area contributed by atoms with Crippen molar-refractivity contribution in [3.63, 3.8) is 0 Å². The van der Waals surface area contributed by atoms with Crippen molar-refractivity contribution in [2.24, 2.45) is 11.8 Å². The maximum Gasteiger partial charge on any atom is 0.242 e. The normalized spacial score (nSPS) is 16.9. The topological polar surface area (TPSA) is 40.6 Å². The molecule has 1 unspecified atom stereocenters. The highest BCUT2D eigenvalue weighted by molar-refractivity contribution is 5.86. The van der Waals surface area contributed by atoms with E-state index in [0.29, 0.717) is 12.5 Å². The highest BCUT2D eigenvalue weighted by Gasteiger charge is 2.29. The molecule has 0 radical (unpaired) electrons. The molecule has 0 bridgehead atoms. The molecule has 1 aliphatic rings. The summed E-state index contributed by atoms with van der Waals surface area (Å²) in [7, 11) is 0. The van der Waals surface area contributed by atoms with Crippen molar-refractivity contribution in [2.45, 2.75) is 53.5 Å². The molecule has 138 valence electrons. The lowest BCUT2D eigenvalue weighted by Gasteiger charge is -2.37. The predicted octanol–water partition coefficient (Wildman–Crippen LogP) is 3.66. The third-order valence-electron chi connectivity index (χ3n) is 5.02. The van der Waals surface area contributed by atoms with Gasteiger partial charge < -0.3 is 9.80 Å². The van der Waals surface area contributed by atoms with Gasteiger partial charge in [0.15, 0.2) is 0 Å². The first-order valence-electron chi connectivity index (χ1n) is 9.47. The summed E-state index contributed by atoms with van der Waals surface area (Å²) in [5.41, 5.74) is 2.56. The second-order valence-corrected chi connectivity index (χ2v) is 7.81. The van der Waals surface area contributed by atoms with E-state index in [0.717, 1.165) is 19.4 Å². The minimum Gasteiger partial charge on any atom is -0.334 e. The summed E-state index contributed by atoms with van der Waals surface area (Å²) in [6, 6.07) is 8.40. The molecule has 0 spiro atoms. The van der Waals surface area contributed by atoms with Crippen LogP contribution in [0.2, 0.25) is 0 Å². The van der Waals surface area contributed by atoms with Gasteiger partial charge in [0, 0.05) is 19.0 Å². The van der Waals surface area contributed by atoms with E-state index in [1.54, 1.807) is 4.90 Å². The molecule has 2 amide bonds. The number of benzene rings is 1. The van der Waals surface area contributed by atoms with Gasteiger partial charge in [0.25, 0.3) is 0 Å². The summed E-state index contributed by atoms with van der Waals surface area (Å²) in [5, 5.41) is 0. The number of hydrogen-bond acceptors (Lipinski definition) is 2. The third kappa shape index (κ3) is 4.83. The van der Waals surface area contributed by atoms with Gasteiger partial charge >= 0.3 is 0 Å². The molecule has 25 heavy (non-hydrogen) atoms. The fraction of sp³-hybridized carbons (Fsp3) is 0.619. The Morgan fingerprint density at radius 1 is 1.20 bits per heavy atom. The minimum atomic E-state index is -0.0838. The average Bonchev–Trinajstić information content (AvgIpc) is 2.58. The van der Waals surface area contributed by atoms with Gasteiger partial charge in [-0.2, -0.15) is 0 Å². The summed E-state index contributed by atoms with van der Waals surface area (Å²) in [6.07, 6.45) is 1.81. The van der Waals surface area contributed by atoms with Crippen molar-refractivity contribution in [3.05, 3.63) is 35.4 Å². The zero-order chi connectivity index (χ0) is 18.6. The summed E-state index contributed by atoms with van der Waals surface area (Å²) < 4.78 is 0. The number of carbonyl (C=O) groups excluding carboxylic acids is 2. The molecule has 1 aromatic carbocycles. The Hall–Kier alpha value is -1.84. The van der Waals surface area contributed by atoms with Crippen LogP contribution in [0.5, 0.6) is 0 Å². The van der Waals surface area contributed by atoms with Crippen molar-refractivity contribution in [1.29, 1.82) is 0 Å². The van der Waals surface area contributed by atoms with E-state index in [-0.39, 0.29) is 30.3 Å². The Labute approximate surface area is 152 Å². The average molecular weight is 344 g/mol. The van der Waals surface area contributed by atoms with Crippen LogP contribution in [0.15, 0.2) is 24.3 Å². The Morgan fingerprint density at radius 2 is 1.88 bits per heavy atom. The molecule has 0 N–H and O–H groups in total. The lowest BCUT2D eigenvalue weighted by molar-refractivity contribution is -0.143. The number of rotatable bonds is 6. The largest absolute Gasteiger partial charge is 0.334 e. The first kappa shape index (κ1) is 19.5. The Bertz CT molecular complexity index is 610. The standard InChI is InChI=1S/C21H32N2O2/c1-15(2)10-12-22(21(25)16(3)4)14-20(24)23-13-11-18-8-6-7-9-19(18)17(23)5/h6-9,15-17H,10-14H2,1-5H3. The minimum absolute atomic E-state index is 0.0553. The highest BCUT2D eigenvalue weighted by atomic mass is 16.2. The molecule has 0 saturated carbocycles. The van der Waals surface area contributed by atoms with Crippen LogP contribution >= 0.6 is 0 Å². The van der Waals surface area contributed by atoms with Gasteiger partial charge in [-0.05, 0) is 36.8 Å². The molecule has 2 rings (SSSR count). The quantitative estimate of drug-likeness (QED) is 0.790. The zero-order valence-corrected chi connectivity index (χ0v) is 16.3. The van der Waals surface area contributed by atoms with Crippen molar-refractivity contribution in [3.8, 4) is 0 Å². The van der Waals surface area contributed by atoms with Crippen molar-refractivity contribution >= 4 is 11.8 Å². The SMILES string of the molecule is CC(C)CCN(CC(=O)N1CCc2ccccc2C1C)C(=O)C(C)C. The fourth-order valence-electron chi connectivity index (χ4n) is 3.41. The van der Waals surface area contributed by atoms with Gasteiger partial charge in [0.2, 0.25) is 11.8 Å². The zero-order valence-electron chi connectivity index (χ0n) is 16.3. The molecule has 1 aromatic rings. The van der Waals surface area contributed by atoms with Gasteiger partial charge in [-0.25, -0.2) is 0 Å². The van der Waals surface area contributed by atoms with Crippen LogP contribution in [-0.4, -0.2) is 41.2 Å². The van der Waals surface area contributed by atoms with Crippen LogP contribution in [0, 0.1) is 11.8 Å². The summed E-state index contributed by atoms with van der Waals surface area (Å²) in [4.78, 5) is 29.1. The maximum atomic E-state index is 12.9. The summed E-state index contributed by atoms with van der Waals surface area (Å²) in [5.74, 6) is 0.552. The Morgan fingerprint density at radius 3 is 2.52 bits per heavy atom. The van der Waals surface area contributed by atoms with Crippen LogP contribution in [-0.2, 0) is 16.0 Å². The van der Waals surface area contributed by atoms with Crippen molar-refractivity contribution < 1.29 is 9.59 Å². The first-order valence-corrected chi connectivity index (χ1v) is 9.47. The predicted molar refractivity (Wildman–Crippen MR) is 101 cm³/mol. The lowest BCUT2D eigenvalue weighted by atomic mass is 9.93. The van der Waals surface area contributed by atoms with E-state index in [1.165, 1.54) is 11.1 Å². The molecule has 1 aliphatic heterocycles. The Kier molecular flexibility index (Phi) is 6.63. The maximum absolute atomic E-state index is 12.9. The smallest absolute Gasteiger partial charge is 0.242 e. The summed E-state index contributed by atoms with van der Waals surface area (Å²) >= 11 is 0. The van der Waals surface area contributed by atoms with Crippen LogP contribution in [0.3, 0.4) is 0 Å². The second-order valence-electron chi connectivity index (χ2n) is 7.81. The number of carbonyl (C=O) groups is 2. The number of hydrogen-bond donors (Lipinski definition) is 0. The van der Waals surface area contributed by atoms with Gasteiger partial charge in [-0.15, -0.1) is 0 Å². The molecule has 0 saturated heterocycles. The molecule has 1 atom stereocenters. The van der Waals surface area contributed by atoms with E-state index < -0.39 is 0 Å². The number of nitrogens with zero attached hydrogens (tertiary/aromatic N) is 2. The van der Waals surface area contributed by atoms with E-state index in [9.17, 15) is 9.59 Å². The molecule has 0 fully saturated rings. The third-order valence-corrected chi connectivity index (χ3v) is 5.02. The number of fused-ring (bicyclic) bond motifs is 1. The van der Waals surface area contributed by atoms with E-state index in [2.05, 4.69) is 39.0 Å². The van der Waals surface area contributed by atoms with E-state index in [4.69, 9.17) is 0 Å². The van der Waals surface area contributed by atoms with Gasteiger partial charge in [0.05, 0.1) is 12.6 Å². The lowest BCUT2D eigenvalue weighted by Crippen LogP contribution is -2.47. The monoisotopic (exact) mass is 344 g/mol. The molecular formula is C21H32N2O2. The van der Waals surface area contributed by atoms with E-state index >= 15 is 0 Å².